The van der Waals surface area contributed by atoms with E-state index in [9.17, 15) is 21.6 Å². The molecule has 146 valence electrons. The summed E-state index contributed by atoms with van der Waals surface area (Å²) >= 11 is 0. The summed E-state index contributed by atoms with van der Waals surface area (Å²) < 4.78 is 52.1. The second-order valence-corrected chi connectivity index (χ2v) is 10.3. The average Bonchev–Trinajstić information content (AvgIpc) is 2.59. The highest BCUT2D eigenvalue weighted by molar-refractivity contribution is 7.89. The van der Waals surface area contributed by atoms with E-state index >= 15 is 0 Å². The Morgan fingerprint density at radius 1 is 1.00 bits per heavy atom. The zero-order valence-electron chi connectivity index (χ0n) is 15.1. The molecule has 0 radical (unpaired) electrons. The number of sulfonamides is 2. The summed E-state index contributed by atoms with van der Waals surface area (Å²) in [6.07, 6.45) is 1.13. The number of hydrogen-bond acceptors (Lipinski definition) is 5. The summed E-state index contributed by atoms with van der Waals surface area (Å²) in [4.78, 5) is 14.4. The normalized spacial score (nSPS) is 18.1. The van der Waals surface area contributed by atoms with E-state index in [1.807, 2.05) is 0 Å². The van der Waals surface area contributed by atoms with Crippen LogP contribution in [0.3, 0.4) is 0 Å². The van der Waals surface area contributed by atoms with E-state index < -0.39 is 26.1 Å². The SMILES string of the molecule is CC(C)[C@@H](NS(=O)(=O)c1ccccc1)C(=O)N1CCN(S(C)(=O)=O)CC1. The van der Waals surface area contributed by atoms with Gasteiger partial charge in [0.05, 0.1) is 11.2 Å². The van der Waals surface area contributed by atoms with Crippen molar-refractivity contribution >= 4 is 26.0 Å². The third kappa shape index (κ3) is 5.03. The van der Waals surface area contributed by atoms with Crippen molar-refractivity contribution < 1.29 is 21.6 Å². The summed E-state index contributed by atoms with van der Waals surface area (Å²) in [6.45, 7) is 4.43. The number of rotatable bonds is 6. The fourth-order valence-electron chi connectivity index (χ4n) is 2.74. The molecule has 0 bridgehead atoms. The van der Waals surface area contributed by atoms with Gasteiger partial charge in [-0.15, -0.1) is 0 Å². The van der Waals surface area contributed by atoms with Gasteiger partial charge < -0.3 is 4.90 Å². The van der Waals surface area contributed by atoms with Crippen LogP contribution in [0.2, 0.25) is 0 Å². The Balaban J connectivity index is 2.12. The molecule has 26 heavy (non-hydrogen) atoms. The molecule has 1 fully saturated rings. The highest BCUT2D eigenvalue weighted by atomic mass is 32.2. The van der Waals surface area contributed by atoms with Crippen LogP contribution in [0.4, 0.5) is 0 Å². The molecule has 8 nitrogen and oxygen atoms in total. The Morgan fingerprint density at radius 2 is 1.54 bits per heavy atom. The number of carbonyl (C=O) groups is 1. The van der Waals surface area contributed by atoms with Crippen LogP contribution in [0.5, 0.6) is 0 Å². The lowest BCUT2D eigenvalue weighted by atomic mass is 10.0. The Kier molecular flexibility index (Phi) is 6.43. The largest absolute Gasteiger partial charge is 0.339 e. The predicted octanol–water partition coefficient (Wildman–Crippen LogP) is 0.0933. The zero-order chi connectivity index (χ0) is 19.5. The van der Waals surface area contributed by atoms with Gasteiger partial charge in [0.25, 0.3) is 0 Å². The van der Waals surface area contributed by atoms with Gasteiger partial charge in [0.1, 0.15) is 6.04 Å². The van der Waals surface area contributed by atoms with E-state index in [0.717, 1.165) is 6.26 Å². The van der Waals surface area contributed by atoms with Gasteiger partial charge in [-0.2, -0.15) is 9.03 Å². The van der Waals surface area contributed by atoms with Crippen LogP contribution in [0.25, 0.3) is 0 Å². The molecule has 1 N–H and O–H groups in total. The smallest absolute Gasteiger partial charge is 0.241 e. The van der Waals surface area contributed by atoms with Gasteiger partial charge >= 0.3 is 0 Å². The van der Waals surface area contributed by atoms with Crippen LogP contribution >= 0.6 is 0 Å². The molecule has 1 aromatic rings. The van der Waals surface area contributed by atoms with Gasteiger partial charge in [-0.25, -0.2) is 16.8 Å². The maximum absolute atomic E-state index is 12.8. The predicted molar refractivity (Wildman–Crippen MR) is 98.4 cm³/mol. The molecular weight excluding hydrogens is 378 g/mol. The second kappa shape index (κ2) is 8.03. The molecule has 1 atom stereocenters. The van der Waals surface area contributed by atoms with Gasteiger partial charge in [-0.1, -0.05) is 32.0 Å². The van der Waals surface area contributed by atoms with Crippen LogP contribution in [-0.2, 0) is 24.8 Å². The van der Waals surface area contributed by atoms with Crippen molar-refractivity contribution in [1.82, 2.24) is 13.9 Å². The van der Waals surface area contributed by atoms with Crippen LogP contribution in [0, 0.1) is 5.92 Å². The maximum atomic E-state index is 12.8. The van der Waals surface area contributed by atoms with Gasteiger partial charge in [-0.05, 0) is 18.1 Å². The van der Waals surface area contributed by atoms with E-state index in [-0.39, 0.29) is 42.9 Å². The van der Waals surface area contributed by atoms with Crippen LogP contribution < -0.4 is 4.72 Å². The van der Waals surface area contributed by atoms with E-state index in [4.69, 9.17) is 0 Å². The van der Waals surface area contributed by atoms with Crippen LogP contribution in [0.1, 0.15) is 13.8 Å². The molecule has 1 aliphatic heterocycles. The topological polar surface area (TPSA) is 104 Å². The Bertz CT molecular complexity index is 830. The Morgan fingerprint density at radius 3 is 2.00 bits per heavy atom. The highest BCUT2D eigenvalue weighted by Crippen LogP contribution is 2.15. The third-order valence-electron chi connectivity index (χ3n) is 4.29. The van der Waals surface area contributed by atoms with Crippen LogP contribution in [-0.4, -0.2) is 70.4 Å². The van der Waals surface area contributed by atoms with Crippen molar-refractivity contribution in [2.24, 2.45) is 5.92 Å². The van der Waals surface area contributed by atoms with Crippen molar-refractivity contribution in [1.29, 1.82) is 0 Å². The molecule has 1 aliphatic rings. The molecule has 0 aromatic heterocycles. The summed E-state index contributed by atoms with van der Waals surface area (Å²) in [6, 6.07) is 6.97. The number of hydrogen-bond donors (Lipinski definition) is 1. The van der Waals surface area contributed by atoms with E-state index in [1.165, 1.54) is 21.3 Å². The molecule has 2 rings (SSSR count). The molecule has 0 unspecified atom stereocenters. The number of nitrogens with zero attached hydrogens (tertiary/aromatic N) is 2. The minimum atomic E-state index is -3.83. The van der Waals surface area contributed by atoms with E-state index in [2.05, 4.69) is 4.72 Å². The number of carbonyl (C=O) groups excluding carboxylic acids is 1. The van der Waals surface area contributed by atoms with Gasteiger partial charge in [0, 0.05) is 26.2 Å². The van der Waals surface area contributed by atoms with Gasteiger partial charge in [0.15, 0.2) is 0 Å². The first-order valence-corrected chi connectivity index (χ1v) is 11.7. The lowest BCUT2D eigenvalue weighted by Crippen LogP contribution is -2.56. The number of nitrogens with one attached hydrogen (secondary N) is 1. The van der Waals surface area contributed by atoms with Crippen molar-refractivity contribution in [3.05, 3.63) is 30.3 Å². The second-order valence-electron chi connectivity index (χ2n) is 6.64. The molecule has 1 heterocycles. The molecule has 1 amide bonds. The summed E-state index contributed by atoms with van der Waals surface area (Å²) in [5, 5.41) is 0. The summed E-state index contributed by atoms with van der Waals surface area (Å²) in [5.74, 6) is -0.596. The molecule has 0 spiro atoms. The molecule has 0 aliphatic carbocycles. The van der Waals surface area contributed by atoms with Crippen molar-refractivity contribution in [3.63, 3.8) is 0 Å². The molecule has 10 heteroatoms. The van der Waals surface area contributed by atoms with Crippen molar-refractivity contribution in [2.75, 3.05) is 32.4 Å². The minimum Gasteiger partial charge on any atom is -0.339 e. The molecule has 0 saturated carbocycles. The van der Waals surface area contributed by atoms with Crippen LogP contribution in [0.15, 0.2) is 35.2 Å². The molecular formula is C16H25N3O5S2. The first kappa shape index (κ1) is 20.8. The summed E-state index contributed by atoms with van der Waals surface area (Å²) in [5.41, 5.74) is 0. The third-order valence-corrected chi connectivity index (χ3v) is 7.05. The lowest BCUT2D eigenvalue weighted by Gasteiger charge is -2.36. The highest BCUT2D eigenvalue weighted by Gasteiger charge is 2.34. The monoisotopic (exact) mass is 403 g/mol. The fourth-order valence-corrected chi connectivity index (χ4v) is 4.93. The Hall–Kier alpha value is -1.49. The minimum absolute atomic E-state index is 0.0975. The standard InChI is InChI=1S/C16H25N3O5S2/c1-13(2)15(17-26(23,24)14-7-5-4-6-8-14)16(20)18-9-11-19(12-10-18)25(3,21)22/h4-8,13,15,17H,9-12H2,1-3H3/t15-/m1/s1. The van der Waals surface area contributed by atoms with Crippen molar-refractivity contribution in [3.8, 4) is 0 Å². The number of amides is 1. The van der Waals surface area contributed by atoms with Gasteiger partial charge in [-0.3, -0.25) is 4.79 Å². The maximum Gasteiger partial charge on any atom is 0.241 e. The number of benzene rings is 1. The van der Waals surface area contributed by atoms with E-state index in [1.54, 1.807) is 32.0 Å². The summed E-state index contributed by atoms with van der Waals surface area (Å²) in [7, 11) is -7.12. The lowest BCUT2D eigenvalue weighted by molar-refractivity contribution is -0.135. The fraction of sp³-hybridized carbons (Fsp3) is 0.562. The average molecular weight is 404 g/mol. The first-order valence-electron chi connectivity index (χ1n) is 8.33. The Labute approximate surface area is 155 Å². The molecule has 1 aromatic carbocycles. The van der Waals surface area contributed by atoms with Gasteiger partial charge in [0.2, 0.25) is 26.0 Å². The quantitative estimate of drug-likeness (QED) is 0.725. The van der Waals surface area contributed by atoms with E-state index in [0.29, 0.717) is 0 Å². The number of piperazine rings is 1. The van der Waals surface area contributed by atoms with Crippen molar-refractivity contribution in [2.45, 2.75) is 24.8 Å². The molecule has 1 saturated heterocycles. The zero-order valence-corrected chi connectivity index (χ0v) is 16.8. The first-order chi connectivity index (χ1) is 12.0.